The van der Waals surface area contributed by atoms with Gasteiger partial charge < -0.3 is 10.8 Å². The predicted octanol–water partition coefficient (Wildman–Crippen LogP) is 6.61. The van der Waals surface area contributed by atoms with Gasteiger partial charge in [-0.25, -0.2) is 4.79 Å². The second-order valence-electron chi connectivity index (χ2n) is 7.46. The molecule has 0 radical (unpaired) electrons. The summed E-state index contributed by atoms with van der Waals surface area (Å²) in [6, 6.07) is 0. The third kappa shape index (κ3) is 19.3. The van der Waals surface area contributed by atoms with Crippen molar-refractivity contribution < 1.29 is 9.90 Å². The van der Waals surface area contributed by atoms with Crippen LogP contribution in [0.4, 0.5) is 0 Å². The zero-order valence-corrected chi connectivity index (χ0v) is 16.6. The minimum Gasteiger partial charge on any atom is -0.478 e. The largest absolute Gasteiger partial charge is 0.478 e. The van der Waals surface area contributed by atoms with E-state index in [-0.39, 0.29) is 0 Å². The number of unbranched alkanes of at least 4 members (excludes halogenated alkanes) is 16. The first-order valence-corrected chi connectivity index (χ1v) is 10.8. The van der Waals surface area contributed by atoms with Crippen molar-refractivity contribution in [1.82, 2.24) is 0 Å². The smallest absolute Gasteiger partial charge is 0.330 e. The maximum Gasteiger partial charge on any atom is 0.330 e. The molecular formula is C22H43NO2. The van der Waals surface area contributed by atoms with Gasteiger partial charge in [0.05, 0.1) is 0 Å². The van der Waals surface area contributed by atoms with Crippen molar-refractivity contribution in [3.05, 3.63) is 12.2 Å². The number of carboxylic acid groups (broad SMARTS) is 1. The molecule has 0 spiro atoms. The minimum absolute atomic E-state index is 0.353. The molecule has 0 fully saturated rings. The molecule has 0 aliphatic rings. The molecular weight excluding hydrogens is 310 g/mol. The van der Waals surface area contributed by atoms with Gasteiger partial charge in [0, 0.05) is 5.57 Å². The molecule has 0 aliphatic carbocycles. The van der Waals surface area contributed by atoms with Crippen molar-refractivity contribution in [3.63, 3.8) is 0 Å². The van der Waals surface area contributed by atoms with Gasteiger partial charge in [0.2, 0.25) is 0 Å². The lowest BCUT2D eigenvalue weighted by Crippen LogP contribution is -1.98. The fraction of sp³-hybridized carbons (Fsp3) is 0.864. The summed E-state index contributed by atoms with van der Waals surface area (Å²) in [5.41, 5.74) is 5.85. The lowest BCUT2D eigenvalue weighted by Gasteiger charge is -2.04. The molecule has 0 saturated heterocycles. The van der Waals surface area contributed by atoms with E-state index in [1.165, 1.54) is 96.3 Å². The molecule has 3 heteroatoms. The van der Waals surface area contributed by atoms with Crippen molar-refractivity contribution in [2.24, 2.45) is 5.73 Å². The van der Waals surface area contributed by atoms with Crippen LogP contribution in [0.2, 0.25) is 0 Å². The van der Waals surface area contributed by atoms with E-state index in [4.69, 9.17) is 10.8 Å². The summed E-state index contributed by atoms with van der Waals surface area (Å²) in [6.07, 6.45) is 23.1. The second kappa shape index (κ2) is 19.5. The quantitative estimate of drug-likeness (QED) is 0.191. The summed E-state index contributed by atoms with van der Waals surface area (Å²) in [5.74, 6) is -0.845. The molecule has 3 N–H and O–H groups in total. The van der Waals surface area contributed by atoms with E-state index in [9.17, 15) is 4.79 Å². The van der Waals surface area contributed by atoms with Crippen LogP contribution in [0.5, 0.6) is 0 Å². The molecule has 0 amide bonds. The van der Waals surface area contributed by atoms with Gasteiger partial charge in [0.1, 0.15) is 0 Å². The number of hydrogen-bond acceptors (Lipinski definition) is 2. The van der Waals surface area contributed by atoms with E-state index >= 15 is 0 Å². The van der Waals surface area contributed by atoms with Crippen LogP contribution in [0.1, 0.15) is 116 Å². The SMILES string of the molecule is C=C(CCCCCCCCCCCCCCCCCCCN)C(=O)O. The maximum atomic E-state index is 10.6. The van der Waals surface area contributed by atoms with Gasteiger partial charge in [0.25, 0.3) is 0 Å². The molecule has 3 nitrogen and oxygen atoms in total. The Kier molecular flexibility index (Phi) is 18.8. The van der Waals surface area contributed by atoms with Crippen LogP contribution in [-0.2, 0) is 4.79 Å². The molecule has 148 valence electrons. The Balaban J connectivity index is 3.05. The molecule has 0 rings (SSSR count). The molecule has 0 heterocycles. The van der Waals surface area contributed by atoms with Gasteiger partial charge >= 0.3 is 5.97 Å². The Morgan fingerprint density at radius 3 is 1.16 bits per heavy atom. The number of rotatable bonds is 20. The number of hydrogen-bond donors (Lipinski definition) is 2. The fourth-order valence-electron chi connectivity index (χ4n) is 3.24. The number of carbonyl (C=O) groups is 1. The standard InChI is InChI=1S/C22H43NO2/c1-21(22(24)25)19-17-15-13-11-9-7-5-3-2-4-6-8-10-12-14-16-18-20-23/h1-20,23H2,(H,24,25). The lowest BCUT2D eigenvalue weighted by atomic mass is 10.0. The van der Waals surface area contributed by atoms with Crippen LogP contribution in [-0.4, -0.2) is 17.6 Å². The van der Waals surface area contributed by atoms with Crippen molar-refractivity contribution in [2.45, 2.75) is 116 Å². The highest BCUT2D eigenvalue weighted by Gasteiger charge is 2.02. The highest BCUT2D eigenvalue weighted by Crippen LogP contribution is 2.15. The first-order chi connectivity index (χ1) is 12.2. The third-order valence-electron chi connectivity index (χ3n) is 4.99. The van der Waals surface area contributed by atoms with Crippen LogP contribution in [0.15, 0.2) is 12.2 Å². The average molecular weight is 354 g/mol. The summed E-state index contributed by atoms with van der Waals surface area (Å²) < 4.78 is 0. The molecule has 25 heavy (non-hydrogen) atoms. The Hall–Kier alpha value is -0.830. The van der Waals surface area contributed by atoms with E-state index in [0.717, 1.165) is 19.4 Å². The highest BCUT2D eigenvalue weighted by molar-refractivity contribution is 5.85. The van der Waals surface area contributed by atoms with E-state index in [1.54, 1.807) is 0 Å². The maximum absolute atomic E-state index is 10.6. The first kappa shape index (κ1) is 24.2. The third-order valence-corrected chi connectivity index (χ3v) is 4.99. The number of nitrogens with two attached hydrogens (primary N) is 1. The molecule has 0 aliphatic heterocycles. The molecule has 0 aromatic carbocycles. The lowest BCUT2D eigenvalue weighted by molar-refractivity contribution is -0.132. The van der Waals surface area contributed by atoms with Crippen LogP contribution in [0.25, 0.3) is 0 Å². The Bertz CT molecular complexity index is 315. The van der Waals surface area contributed by atoms with E-state index in [1.807, 2.05) is 0 Å². The molecule has 0 bridgehead atoms. The molecule has 0 atom stereocenters. The minimum atomic E-state index is -0.845. The topological polar surface area (TPSA) is 63.3 Å². The van der Waals surface area contributed by atoms with Gasteiger partial charge in [-0.3, -0.25) is 0 Å². The van der Waals surface area contributed by atoms with Gasteiger partial charge in [-0.1, -0.05) is 103 Å². The normalized spacial score (nSPS) is 10.9. The van der Waals surface area contributed by atoms with E-state index < -0.39 is 5.97 Å². The Morgan fingerprint density at radius 2 is 0.880 bits per heavy atom. The Morgan fingerprint density at radius 1 is 0.600 bits per heavy atom. The van der Waals surface area contributed by atoms with E-state index in [2.05, 4.69) is 6.58 Å². The summed E-state index contributed by atoms with van der Waals surface area (Å²) in [7, 11) is 0. The van der Waals surface area contributed by atoms with Crippen LogP contribution in [0.3, 0.4) is 0 Å². The van der Waals surface area contributed by atoms with E-state index in [0.29, 0.717) is 12.0 Å². The van der Waals surface area contributed by atoms with Gasteiger partial charge in [0.15, 0.2) is 0 Å². The second-order valence-corrected chi connectivity index (χ2v) is 7.46. The van der Waals surface area contributed by atoms with Crippen molar-refractivity contribution in [1.29, 1.82) is 0 Å². The van der Waals surface area contributed by atoms with Gasteiger partial charge in [-0.05, 0) is 25.8 Å². The molecule has 0 aromatic heterocycles. The molecule has 0 aromatic rings. The molecule has 0 saturated carbocycles. The predicted molar refractivity (Wildman–Crippen MR) is 109 cm³/mol. The van der Waals surface area contributed by atoms with Crippen LogP contribution in [0, 0.1) is 0 Å². The molecule has 0 unspecified atom stereocenters. The first-order valence-electron chi connectivity index (χ1n) is 10.8. The summed E-state index contributed by atoms with van der Waals surface area (Å²) >= 11 is 0. The summed E-state index contributed by atoms with van der Waals surface area (Å²) in [4.78, 5) is 10.6. The highest BCUT2D eigenvalue weighted by atomic mass is 16.4. The fourth-order valence-corrected chi connectivity index (χ4v) is 3.24. The van der Waals surface area contributed by atoms with Crippen LogP contribution >= 0.6 is 0 Å². The zero-order chi connectivity index (χ0) is 18.6. The summed E-state index contributed by atoms with van der Waals surface area (Å²) in [5, 5.41) is 8.72. The monoisotopic (exact) mass is 353 g/mol. The van der Waals surface area contributed by atoms with Crippen molar-refractivity contribution in [2.75, 3.05) is 6.54 Å². The summed E-state index contributed by atoms with van der Waals surface area (Å²) in [6.45, 7) is 4.41. The number of carboxylic acids is 1. The van der Waals surface area contributed by atoms with Crippen LogP contribution < -0.4 is 5.73 Å². The van der Waals surface area contributed by atoms with Gasteiger partial charge in [-0.2, -0.15) is 0 Å². The van der Waals surface area contributed by atoms with Crippen molar-refractivity contribution >= 4 is 5.97 Å². The average Bonchev–Trinajstić information content (AvgIpc) is 2.60. The van der Waals surface area contributed by atoms with Crippen molar-refractivity contribution in [3.8, 4) is 0 Å². The Labute approximate surface area is 156 Å². The zero-order valence-electron chi connectivity index (χ0n) is 16.6. The number of aliphatic carboxylic acids is 1. The van der Waals surface area contributed by atoms with Gasteiger partial charge in [-0.15, -0.1) is 0 Å².